The molecule has 0 bridgehead atoms. The van der Waals surface area contributed by atoms with Crippen LogP contribution in [0.2, 0.25) is 0 Å². The van der Waals surface area contributed by atoms with Crippen LogP contribution in [-0.4, -0.2) is 64.3 Å². The molecule has 9 heteroatoms. The molecule has 0 spiro atoms. The molecular formula is C26H25F2N7. The number of halogens is 2. The van der Waals surface area contributed by atoms with Gasteiger partial charge in [0.15, 0.2) is 17.3 Å². The van der Waals surface area contributed by atoms with E-state index in [0.29, 0.717) is 35.2 Å². The fraction of sp³-hybridized carbons (Fsp3) is 0.346. The van der Waals surface area contributed by atoms with Gasteiger partial charge in [0.25, 0.3) is 0 Å². The monoisotopic (exact) mass is 473 g/mol. The lowest BCUT2D eigenvalue weighted by atomic mass is 9.97. The van der Waals surface area contributed by atoms with E-state index in [1.807, 2.05) is 24.7 Å². The van der Waals surface area contributed by atoms with E-state index in [-0.39, 0.29) is 0 Å². The Balaban J connectivity index is 1.51. The van der Waals surface area contributed by atoms with Gasteiger partial charge in [0.05, 0.1) is 17.6 Å². The molecule has 1 N–H and O–H groups in total. The number of likely N-dealkylation sites (N-methyl/N-ethyl adjacent to an activating group) is 1. The van der Waals surface area contributed by atoms with Gasteiger partial charge in [-0.2, -0.15) is 5.10 Å². The standard InChI is InChI=1S/C26H25F2N7/c1-29-19-8-18(27)25(28)23-16(19)7-20-24(23)26(34-6-4-14-11-33(2)13-21(14)34)17(10-30-20)15-9-31-22-3-5-32-35(22)12-15/h3,5,8-10,12,14,21,29H,4,6-7,11,13H2,1-2H3/t14?,21-/m1/s1. The van der Waals surface area contributed by atoms with Gasteiger partial charge in [0, 0.05) is 97.8 Å². The molecule has 1 aliphatic carbocycles. The third-order valence-electron chi connectivity index (χ3n) is 7.90. The summed E-state index contributed by atoms with van der Waals surface area (Å²) in [6, 6.07) is 3.41. The first-order valence-electron chi connectivity index (χ1n) is 12.0. The maximum Gasteiger partial charge on any atom is 0.167 e. The minimum Gasteiger partial charge on any atom is -0.388 e. The molecule has 0 amide bonds. The highest BCUT2D eigenvalue weighted by atomic mass is 19.2. The Morgan fingerprint density at radius 3 is 2.86 bits per heavy atom. The fourth-order valence-corrected chi connectivity index (χ4v) is 6.34. The van der Waals surface area contributed by atoms with Gasteiger partial charge in [0.1, 0.15) is 0 Å². The number of likely N-dealkylation sites (tertiary alicyclic amines) is 1. The van der Waals surface area contributed by atoms with Crippen molar-refractivity contribution in [1.82, 2.24) is 24.5 Å². The van der Waals surface area contributed by atoms with E-state index in [0.717, 1.165) is 59.8 Å². The van der Waals surface area contributed by atoms with E-state index in [1.165, 1.54) is 6.07 Å². The Morgan fingerprint density at radius 2 is 2.00 bits per heavy atom. The Labute approximate surface area is 201 Å². The van der Waals surface area contributed by atoms with Crippen LogP contribution in [0.25, 0.3) is 27.9 Å². The van der Waals surface area contributed by atoms with Gasteiger partial charge in [-0.25, -0.2) is 18.3 Å². The molecule has 3 aliphatic rings. The summed E-state index contributed by atoms with van der Waals surface area (Å²) in [6.07, 6.45) is 8.86. The molecule has 3 aromatic heterocycles. The van der Waals surface area contributed by atoms with Crippen LogP contribution in [0.3, 0.4) is 0 Å². The van der Waals surface area contributed by atoms with Crippen molar-refractivity contribution in [2.24, 2.45) is 5.92 Å². The third-order valence-corrected chi connectivity index (χ3v) is 7.90. The molecule has 1 unspecified atom stereocenters. The van der Waals surface area contributed by atoms with Gasteiger partial charge in [-0.05, 0) is 24.9 Å². The van der Waals surface area contributed by atoms with E-state index in [9.17, 15) is 4.39 Å². The SMILES string of the molecule is CNc1cc(F)c(F)c2c1Cc1ncc(-c3cnc4ccnn4c3)c(N3CCC4CN(C)C[C@H]43)c1-2. The number of hydrogen-bond donors (Lipinski definition) is 1. The zero-order valence-electron chi connectivity index (χ0n) is 19.6. The van der Waals surface area contributed by atoms with Crippen molar-refractivity contribution in [3.8, 4) is 22.3 Å². The number of anilines is 2. The molecule has 2 saturated heterocycles. The van der Waals surface area contributed by atoms with E-state index in [1.54, 1.807) is 17.8 Å². The second kappa shape index (κ2) is 7.45. The van der Waals surface area contributed by atoms with Crippen LogP contribution in [0.4, 0.5) is 20.2 Å². The lowest BCUT2D eigenvalue weighted by molar-refractivity contribution is 0.386. The summed E-state index contributed by atoms with van der Waals surface area (Å²) in [5.41, 5.74) is 6.57. The number of rotatable bonds is 3. The van der Waals surface area contributed by atoms with Crippen LogP contribution in [0.15, 0.2) is 36.9 Å². The summed E-state index contributed by atoms with van der Waals surface area (Å²) < 4.78 is 32.0. The van der Waals surface area contributed by atoms with Gasteiger partial charge in [0.2, 0.25) is 0 Å². The van der Waals surface area contributed by atoms with Crippen LogP contribution in [-0.2, 0) is 6.42 Å². The predicted molar refractivity (Wildman–Crippen MR) is 131 cm³/mol. The van der Waals surface area contributed by atoms with Crippen molar-refractivity contribution in [2.45, 2.75) is 18.9 Å². The van der Waals surface area contributed by atoms with Gasteiger partial charge < -0.3 is 15.1 Å². The minimum atomic E-state index is -0.850. The molecule has 178 valence electrons. The Bertz CT molecular complexity index is 1500. The van der Waals surface area contributed by atoms with Gasteiger partial charge in [-0.15, -0.1) is 0 Å². The van der Waals surface area contributed by atoms with Crippen LogP contribution in [0.5, 0.6) is 0 Å². The van der Waals surface area contributed by atoms with Crippen molar-refractivity contribution in [3.05, 3.63) is 59.8 Å². The molecule has 0 saturated carbocycles. The maximum atomic E-state index is 15.5. The van der Waals surface area contributed by atoms with Crippen molar-refractivity contribution in [3.63, 3.8) is 0 Å². The highest BCUT2D eigenvalue weighted by molar-refractivity contribution is 5.97. The largest absolute Gasteiger partial charge is 0.388 e. The molecule has 7 nitrogen and oxygen atoms in total. The predicted octanol–water partition coefficient (Wildman–Crippen LogP) is 3.82. The zero-order chi connectivity index (χ0) is 23.8. The summed E-state index contributed by atoms with van der Waals surface area (Å²) in [7, 11) is 3.88. The molecular weight excluding hydrogens is 448 g/mol. The molecule has 35 heavy (non-hydrogen) atoms. The van der Waals surface area contributed by atoms with Crippen LogP contribution >= 0.6 is 0 Å². The molecule has 2 atom stereocenters. The number of fused-ring (bicyclic) bond motifs is 5. The van der Waals surface area contributed by atoms with E-state index in [4.69, 9.17) is 4.98 Å². The number of nitrogens with zero attached hydrogens (tertiary/aromatic N) is 6. The molecule has 4 aromatic rings. The average Bonchev–Trinajstić information content (AvgIpc) is 3.62. The molecule has 2 aliphatic heterocycles. The van der Waals surface area contributed by atoms with E-state index >= 15 is 4.39 Å². The van der Waals surface area contributed by atoms with Crippen LogP contribution < -0.4 is 10.2 Å². The number of aromatic nitrogens is 4. The second-order valence-electron chi connectivity index (χ2n) is 9.85. The minimum absolute atomic E-state index is 0.316. The first kappa shape index (κ1) is 20.8. The molecule has 1 aromatic carbocycles. The summed E-state index contributed by atoms with van der Waals surface area (Å²) >= 11 is 0. The lowest BCUT2D eigenvalue weighted by Crippen LogP contribution is -2.35. The normalized spacial score (nSPS) is 21.0. The van der Waals surface area contributed by atoms with Gasteiger partial charge in [-0.1, -0.05) is 0 Å². The number of pyridine rings is 1. The molecule has 0 radical (unpaired) electrons. The number of benzene rings is 1. The van der Waals surface area contributed by atoms with Crippen molar-refractivity contribution < 1.29 is 8.78 Å². The lowest BCUT2D eigenvalue weighted by Gasteiger charge is -2.31. The summed E-state index contributed by atoms with van der Waals surface area (Å²) in [5.74, 6) is -1.11. The van der Waals surface area contributed by atoms with Gasteiger partial charge in [-0.3, -0.25) is 4.98 Å². The Morgan fingerprint density at radius 1 is 1.11 bits per heavy atom. The van der Waals surface area contributed by atoms with Crippen molar-refractivity contribution in [2.75, 3.05) is 43.9 Å². The third kappa shape index (κ3) is 2.94. The van der Waals surface area contributed by atoms with Gasteiger partial charge >= 0.3 is 0 Å². The summed E-state index contributed by atoms with van der Waals surface area (Å²) in [5, 5.41) is 7.40. The molecule has 2 fully saturated rings. The topological polar surface area (TPSA) is 61.6 Å². The first-order chi connectivity index (χ1) is 17.0. The Hall–Kier alpha value is -3.59. The Kier molecular flexibility index (Phi) is 4.42. The first-order valence-corrected chi connectivity index (χ1v) is 12.0. The summed E-state index contributed by atoms with van der Waals surface area (Å²) in [6.45, 7) is 2.86. The zero-order valence-corrected chi connectivity index (χ0v) is 19.6. The van der Waals surface area contributed by atoms with Crippen molar-refractivity contribution >= 4 is 17.0 Å². The average molecular weight is 474 g/mol. The highest BCUT2D eigenvalue weighted by Crippen LogP contribution is 2.51. The molecule has 7 rings (SSSR count). The van der Waals surface area contributed by atoms with E-state index in [2.05, 4.69) is 32.2 Å². The smallest absolute Gasteiger partial charge is 0.167 e. The van der Waals surface area contributed by atoms with E-state index < -0.39 is 11.6 Å². The van der Waals surface area contributed by atoms with Crippen LogP contribution in [0, 0.1) is 17.6 Å². The second-order valence-corrected chi connectivity index (χ2v) is 9.85. The van der Waals surface area contributed by atoms with Crippen LogP contribution in [0.1, 0.15) is 17.7 Å². The summed E-state index contributed by atoms with van der Waals surface area (Å²) in [4.78, 5) is 14.1. The van der Waals surface area contributed by atoms with Crippen molar-refractivity contribution in [1.29, 1.82) is 0 Å². The molecule has 5 heterocycles. The number of hydrogen-bond acceptors (Lipinski definition) is 6. The number of nitrogens with one attached hydrogen (secondary N) is 1. The highest BCUT2D eigenvalue weighted by Gasteiger charge is 2.43. The maximum absolute atomic E-state index is 15.5. The quantitative estimate of drug-likeness (QED) is 0.430. The fourth-order valence-electron chi connectivity index (χ4n) is 6.34.